The number of benzene rings is 1. The maximum atomic E-state index is 11.9. The average molecular weight is 366 g/mol. The molecule has 2 aromatic rings. The lowest BCUT2D eigenvalue weighted by atomic mass is 10.1. The van der Waals surface area contributed by atoms with E-state index in [-0.39, 0.29) is 5.91 Å². The number of methoxy groups -OCH3 is 2. The van der Waals surface area contributed by atoms with Crippen molar-refractivity contribution in [3.63, 3.8) is 0 Å². The molecule has 0 aliphatic rings. The maximum Gasteiger partial charge on any atom is 0.287 e. The molecule has 7 heteroatoms. The molecule has 0 saturated heterocycles. The number of carbonyl (C=O) groups excluding carboxylic acids is 1. The normalized spacial score (nSPS) is 11.2. The second kappa shape index (κ2) is 7.13. The summed E-state index contributed by atoms with van der Waals surface area (Å²) in [5, 5.41) is 4.11. The van der Waals surface area contributed by atoms with Crippen molar-refractivity contribution in [1.82, 2.24) is 10.4 Å². The van der Waals surface area contributed by atoms with Crippen molar-refractivity contribution in [3.05, 3.63) is 46.2 Å². The summed E-state index contributed by atoms with van der Waals surface area (Å²) in [5.41, 5.74) is 4.32. The van der Waals surface area contributed by atoms with E-state index in [1.54, 1.807) is 45.5 Å². The smallest absolute Gasteiger partial charge is 0.287 e. The Morgan fingerprint density at radius 1 is 1.27 bits per heavy atom. The monoisotopic (exact) mass is 365 g/mol. The molecule has 0 saturated carbocycles. The van der Waals surface area contributed by atoms with Gasteiger partial charge in [0.1, 0.15) is 17.2 Å². The van der Waals surface area contributed by atoms with Crippen LogP contribution < -0.4 is 14.9 Å². The minimum atomic E-state index is -0.322. The van der Waals surface area contributed by atoms with Gasteiger partial charge in [-0.2, -0.15) is 5.10 Å². The van der Waals surface area contributed by atoms with E-state index in [1.807, 2.05) is 6.07 Å². The third-order valence-corrected chi connectivity index (χ3v) is 3.47. The van der Waals surface area contributed by atoms with Crippen LogP contribution in [0.4, 0.5) is 0 Å². The van der Waals surface area contributed by atoms with Crippen LogP contribution in [0, 0.1) is 0 Å². The van der Waals surface area contributed by atoms with Crippen LogP contribution in [-0.4, -0.2) is 30.8 Å². The van der Waals surface area contributed by atoms with Gasteiger partial charge in [0.05, 0.1) is 19.9 Å². The Morgan fingerprint density at radius 2 is 2.05 bits per heavy atom. The van der Waals surface area contributed by atoms with Crippen LogP contribution in [-0.2, 0) is 0 Å². The number of ether oxygens (including phenoxy) is 2. The van der Waals surface area contributed by atoms with E-state index >= 15 is 0 Å². The number of aromatic nitrogens is 1. The third kappa shape index (κ3) is 3.67. The molecule has 0 fully saturated rings. The number of hydrazone groups is 1. The first-order valence-electron chi connectivity index (χ1n) is 6.46. The Hall–Kier alpha value is -2.28. The van der Waals surface area contributed by atoms with E-state index in [4.69, 9.17) is 9.47 Å². The molecule has 0 radical (unpaired) electrons. The summed E-state index contributed by atoms with van der Waals surface area (Å²) >= 11 is 3.27. The summed E-state index contributed by atoms with van der Waals surface area (Å²) in [6.07, 6.45) is 1.68. The minimum Gasteiger partial charge on any atom is -0.497 e. The summed E-state index contributed by atoms with van der Waals surface area (Å²) in [5.74, 6) is 0.990. The fourth-order valence-electron chi connectivity index (χ4n) is 1.85. The lowest BCUT2D eigenvalue weighted by Gasteiger charge is -2.10. The van der Waals surface area contributed by atoms with Crippen LogP contribution in [0.15, 0.2) is 40.0 Å². The van der Waals surface area contributed by atoms with Gasteiger partial charge in [0, 0.05) is 22.3 Å². The number of aromatic amines is 1. The van der Waals surface area contributed by atoms with Crippen LogP contribution >= 0.6 is 15.9 Å². The van der Waals surface area contributed by atoms with E-state index in [0.29, 0.717) is 22.9 Å². The highest BCUT2D eigenvalue weighted by Crippen LogP contribution is 2.25. The Balaban J connectivity index is 2.16. The van der Waals surface area contributed by atoms with Crippen LogP contribution in [0.5, 0.6) is 11.5 Å². The first kappa shape index (κ1) is 16.1. The van der Waals surface area contributed by atoms with Crippen molar-refractivity contribution in [2.75, 3.05) is 14.2 Å². The van der Waals surface area contributed by atoms with Gasteiger partial charge in [-0.15, -0.1) is 0 Å². The Kier molecular flexibility index (Phi) is 5.21. The maximum absolute atomic E-state index is 11.9. The third-order valence-electron chi connectivity index (χ3n) is 3.02. The molecule has 1 aromatic heterocycles. The molecule has 22 heavy (non-hydrogen) atoms. The van der Waals surface area contributed by atoms with Crippen LogP contribution in [0.3, 0.4) is 0 Å². The summed E-state index contributed by atoms with van der Waals surface area (Å²) < 4.78 is 11.3. The topological polar surface area (TPSA) is 75.7 Å². The van der Waals surface area contributed by atoms with E-state index in [0.717, 1.165) is 10.0 Å². The Morgan fingerprint density at radius 3 is 2.64 bits per heavy atom. The van der Waals surface area contributed by atoms with Crippen molar-refractivity contribution >= 4 is 27.5 Å². The van der Waals surface area contributed by atoms with Gasteiger partial charge >= 0.3 is 0 Å². The van der Waals surface area contributed by atoms with Crippen molar-refractivity contribution in [2.45, 2.75) is 6.92 Å². The summed E-state index contributed by atoms with van der Waals surface area (Å²) in [7, 11) is 3.16. The van der Waals surface area contributed by atoms with Crippen LogP contribution in [0.25, 0.3) is 0 Å². The zero-order valence-corrected chi connectivity index (χ0v) is 14.0. The zero-order chi connectivity index (χ0) is 16.1. The van der Waals surface area contributed by atoms with Gasteiger partial charge in [0.15, 0.2) is 0 Å². The average Bonchev–Trinajstić information content (AvgIpc) is 2.98. The van der Waals surface area contributed by atoms with E-state index in [1.165, 1.54) is 0 Å². The number of amides is 1. The highest BCUT2D eigenvalue weighted by atomic mass is 79.9. The molecular formula is C15H16BrN3O3. The number of nitrogens with one attached hydrogen (secondary N) is 2. The standard InChI is InChI=1S/C15H16BrN3O3/c1-9(12-5-4-11(21-2)7-14(12)22-3)18-19-15(20)13-6-10(16)8-17-13/h4-8,17H,1-3H3,(H,19,20)/b18-9-. The fraction of sp³-hybridized carbons (Fsp3) is 0.200. The summed E-state index contributed by atoms with van der Waals surface area (Å²) in [4.78, 5) is 14.8. The molecule has 0 atom stereocenters. The Bertz CT molecular complexity index is 710. The van der Waals surface area contributed by atoms with E-state index in [2.05, 4.69) is 31.4 Å². The van der Waals surface area contributed by atoms with Crippen LogP contribution in [0.2, 0.25) is 0 Å². The second-order valence-corrected chi connectivity index (χ2v) is 5.35. The molecule has 0 bridgehead atoms. The number of nitrogens with zero attached hydrogens (tertiary/aromatic N) is 1. The molecule has 1 heterocycles. The summed E-state index contributed by atoms with van der Waals surface area (Å²) in [6.45, 7) is 1.79. The SMILES string of the molecule is COc1ccc(/C(C)=N\NC(=O)c2cc(Br)c[nH]2)c(OC)c1. The molecule has 0 spiro atoms. The lowest BCUT2D eigenvalue weighted by Crippen LogP contribution is -2.19. The predicted octanol–water partition coefficient (Wildman–Crippen LogP) is 2.95. The Labute approximate surface area is 136 Å². The molecule has 6 nitrogen and oxygen atoms in total. The summed E-state index contributed by atoms with van der Waals surface area (Å²) in [6, 6.07) is 7.07. The van der Waals surface area contributed by atoms with Gasteiger partial charge in [-0.3, -0.25) is 4.79 Å². The number of halogens is 1. The van der Waals surface area contributed by atoms with Crippen molar-refractivity contribution in [2.24, 2.45) is 5.10 Å². The number of hydrogen-bond acceptors (Lipinski definition) is 4. The van der Waals surface area contributed by atoms with E-state index in [9.17, 15) is 4.79 Å². The number of rotatable bonds is 5. The molecule has 0 unspecified atom stereocenters. The molecule has 1 amide bonds. The van der Waals surface area contributed by atoms with Gasteiger partial charge in [-0.25, -0.2) is 5.43 Å². The van der Waals surface area contributed by atoms with Gasteiger partial charge in [-0.05, 0) is 41.1 Å². The number of carbonyl (C=O) groups is 1. The van der Waals surface area contributed by atoms with Gasteiger partial charge in [0.2, 0.25) is 0 Å². The van der Waals surface area contributed by atoms with Gasteiger partial charge in [-0.1, -0.05) is 0 Å². The van der Waals surface area contributed by atoms with Gasteiger partial charge in [0.25, 0.3) is 5.91 Å². The highest BCUT2D eigenvalue weighted by molar-refractivity contribution is 9.10. The molecule has 2 rings (SSSR count). The highest BCUT2D eigenvalue weighted by Gasteiger charge is 2.10. The molecule has 2 N–H and O–H groups in total. The largest absolute Gasteiger partial charge is 0.497 e. The van der Waals surface area contributed by atoms with Gasteiger partial charge < -0.3 is 14.5 Å². The van der Waals surface area contributed by atoms with Crippen LogP contribution in [0.1, 0.15) is 23.0 Å². The minimum absolute atomic E-state index is 0.322. The van der Waals surface area contributed by atoms with Crippen molar-refractivity contribution < 1.29 is 14.3 Å². The molecular weight excluding hydrogens is 350 g/mol. The quantitative estimate of drug-likeness (QED) is 0.631. The van der Waals surface area contributed by atoms with E-state index < -0.39 is 0 Å². The molecule has 0 aliphatic carbocycles. The first-order chi connectivity index (χ1) is 10.5. The molecule has 1 aromatic carbocycles. The molecule has 0 aliphatic heterocycles. The fourth-order valence-corrected chi connectivity index (χ4v) is 2.19. The van der Waals surface area contributed by atoms with Crippen molar-refractivity contribution in [3.8, 4) is 11.5 Å². The second-order valence-electron chi connectivity index (χ2n) is 4.44. The number of hydrogen-bond donors (Lipinski definition) is 2. The van der Waals surface area contributed by atoms with Crippen molar-refractivity contribution in [1.29, 1.82) is 0 Å². The first-order valence-corrected chi connectivity index (χ1v) is 7.25. The predicted molar refractivity (Wildman–Crippen MR) is 87.7 cm³/mol. The lowest BCUT2D eigenvalue weighted by molar-refractivity contribution is 0.0950. The molecule has 116 valence electrons. The number of H-pyrrole nitrogens is 1. The zero-order valence-electron chi connectivity index (χ0n) is 12.4.